The monoisotopic (exact) mass is 275 g/mol. The molecule has 88 valence electrons. The number of hydrogen-bond donors (Lipinski definition) is 0. The summed E-state index contributed by atoms with van der Waals surface area (Å²) in [5.74, 6) is 0.102. The Labute approximate surface area is 102 Å². The van der Waals surface area contributed by atoms with Gasteiger partial charge in [-0.1, -0.05) is 54.6 Å². The van der Waals surface area contributed by atoms with E-state index < -0.39 is 0 Å². The molecule has 0 aromatic rings. The summed E-state index contributed by atoms with van der Waals surface area (Å²) in [7, 11) is 1.86. The molecule has 0 rings (SSSR count). The van der Waals surface area contributed by atoms with Gasteiger partial charge in [0, 0.05) is 18.9 Å². The average molecular weight is 276 g/mol. The topological polar surface area (TPSA) is 20.3 Å². The average Bonchev–Trinajstić information content (AvgIpc) is 2.25. The van der Waals surface area contributed by atoms with E-state index in [0.29, 0.717) is 0 Å². The summed E-state index contributed by atoms with van der Waals surface area (Å²) in [4.78, 5) is 13.2. The van der Waals surface area contributed by atoms with Crippen LogP contribution in [0.25, 0.3) is 0 Å². The van der Waals surface area contributed by atoms with Gasteiger partial charge in [-0.2, -0.15) is 0 Å². The minimum Gasteiger partial charge on any atom is -0.342 e. The number of rotatable bonds is 8. The predicted molar refractivity (Wildman–Crippen MR) is 69.3 cm³/mol. The van der Waals surface area contributed by atoms with E-state index in [2.05, 4.69) is 22.9 Å². The minimum absolute atomic E-state index is 0.102. The van der Waals surface area contributed by atoms with E-state index in [1.807, 2.05) is 13.1 Å². The largest absolute Gasteiger partial charge is 0.342 e. The highest BCUT2D eigenvalue weighted by Crippen LogP contribution is 2.03. The molecule has 0 heterocycles. The number of carbonyl (C=O) groups is 1. The van der Waals surface area contributed by atoms with Crippen molar-refractivity contribution in [3.8, 4) is 0 Å². The predicted octanol–water partition coefficient (Wildman–Crippen LogP) is 3.37. The number of amides is 1. The lowest BCUT2D eigenvalue weighted by molar-refractivity contribution is -0.124. The van der Waals surface area contributed by atoms with Gasteiger partial charge in [0.05, 0.1) is 0 Å². The molecule has 15 heavy (non-hydrogen) atoms. The Morgan fingerprint density at radius 3 is 2.53 bits per heavy atom. The number of likely N-dealkylation sites (N-methyl/N-ethyl adjacent to an activating group) is 1. The van der Waals surface area contributed by atoms with Crippen LogP contribution in [0, 0.1) is 0 Å². The highest BCUT2D eigenvalue weighted by atomic mass is 79.9. The number of halogens is 1. The van der Waals surface area contributed by atoms with Crippen molar-refractivity contribution in [3.05, 3.63) is 12.2 Å². The molecular weight excluding hydrogens is 254 g/mol. The fourth-order valence-corrected chi connectivity index (χ4v) is 1.52. The zero-order valence-electron chi connectivity index (χ0n) is 9.84. The van der Waals surface area contributed by atoms with Crippen molar-refractivity contribution in [1.29, 1.82) is 0 Å². The first-order valence-corrected chi connectivity index (χ1v) is 6.82. The van der Waals surface area contributed by atoms with E-state index in [1.54, 1.807) is 11.0 Å². The Kier molecular flexibility index (Phi) is 10.0. The Bertz CT molecular complexity index is 192. The highest BCUT2D eigenvalue weighted by Gasteiger charge is 2.02. The molecule has 0 unspecified atom stereocenters. The molecule has 0 saturated carbocycles. The fourth-order valence-electron chi connectivity index (χ4n) is 1.34. The van der Waals surface area contributed by atoms with Crippen molar-refractivity contribution >= 4 is 21.8 Å². The van der Waals surface area contributed by atoms with E-state index in [9.17, 15) is 4.79 Å². The molecule has 1 amide bonds. The highest BCUT2D eigenvalue weighted by molar-refractivity contribution is 9.09. The number of alkyl halides is 1. The van der Waals surface area contributed by atoms with Gasteiger partial charge >= 0.3 is 0 Å². The standard InChI is InChI=1S/C12H22BrNO/c1-3-4-5-6-7-11-14(2)12(15)9-8-10-13/h8-9H,3-7,10-11H2,1-2H3/b9-8+. The van der Waals surface area contributed by atoms with Crippen LogP contribution in [-0.4, -0.2) is 29.7 Å². The van der Waals surface area contributed by atoms with E-state index in [4.69, 9.17) is 0 Å². The summed E-state index contributed by atoms with van der Waals surface area (Å²) >= 11 is 3.25. The zero-order chi connectivity index (χ0) is 11.5. The third-order valence-corrected chi connectivity index (χ3v) is 2.70. The quantitative estimate of drug-likeness (QED) is 0.378. The molecule has 2 nitrogen and oxygen atoms in total. The molecule has 0 bridgehead atoms. The lowest BCUT2D eigenvalue weighted by Crippen LogP contribution is -2.25. The third-order valence-electron chi connectivity index (χ3n) is 2.32. The number of allylic oxidation sites excluding steroid dienone is 1. The summed E-state index contributed by atoms with van der Waals surface area (Å²) in [6.45, 7) is 3.08. The minimum atomic E-state index is 0.102. The zero-order valence-corrected chi connectivity index (χ0v) is 11.4. The van der Waals surface area contributed by atoms with Crippen LogP contribution in [-0.2, 0) is 4.79 Å². The molecule has 0 saturated heterocycles. The maximum absolute atomic E-state index is 11.4. The van der Waals surface area contributed by atoms with Gasteiger partial charge in [0.2, 0.25) is 5.91 Å². The number of nitrogens with zero attached hydrogens (tertiary/aromatic N) is 1. The molecule has 0 aliphatic heterocycles. The lowest BCUT2D eigenvalue weighted by Gasteiger charge is -2.14. The van der Waals surface area contributed by atoms with E-state index >= 15 is 0 Å². The molecular formula is C12H22BrNO. The van der Waals surface area contributed by atoms with Crippen LogP contribution in [0.15, 0.2) is 12.2 Å². The Morgan fingerprint density at radius 2 is 1.93 bits per heavy atom. The molecule has 0 radical (unpaired) electrons. The number of unbranched alkanes of at least 4 members (excludes halogenated alkanes) is 4. The Hall–Kier alpha value is -0.310. The Balaban J connectivity index is 3.51. The summed E-state index contributed by atoms with van der Waals surface area (Å²) in [6.07, 6.45) is 9.66. The normalized spacial score (nSPS) is 10.9. The summed E-state index contributed by atoms with van der Waals surface area (Å²) in [5, 5.41) is 0.739. The van der Waals surface area contributed by atoms with Gasteiger partial charge in [-0.3, -0.25) is 4.79 Å². The van der Waals surface area contributed by atoms with Crippen LogP contribution in [0.3, 0.4) is 0 Å². The molecule has 0 aromatic carbocycles. The molecule has 0 N–H and O–H groups in total. The van der Waals surface area contributed by atoms with Gasteiger partial charge in [0.15, 0.2) is 0 Å². The second kappa shape index (κ2) is 10.2. The SMILES string of the molecule is CCCCCCCN(C)C(=O)/C=C/CBr. The first kappa shape index (κ1) is 14.7. The van der Waals surface area contributed by atoms with Crippen LogP contribution < -0.4 is 0 Å². The maximum Gasteiger partial charge on any atom is 0.245 e. The first-order valence-electron chi connectivity index (χ1n) is 5.70. The second-order valence-corrected chi connectivity index (χ2v) is 4.38. The molecule has 0 aliphatic carbocycles. The van der Waals surface area contributed by atoms with Crippen molar-refractivity contribution in [2.24, 2.45) is 0 Å². The lowest BCUT2D eigenvalue weighted by atomic mass is 10.1. The molecule has 0 atom stereocenters. The summed E-state index contributed by atoms with van der Waals surface area (Å²) in [6, 6.07) is 0. The molecule has 0 aliphatic rings. The smallest absolute Gasteiger partial charge is 0.245 e. The first-order chi connectivity index (χ1) is 7.22. The van der Waals surface area contributed by atoms with Crippen LogP contribution >= 0.6 is 15.9 Å². The van der Waals surface area contributed by atoms with Crippen molar-refractivity contribution < 1.29 is 4.79 Å². The third kappa shape index (κ3) is 8.67. The van der Waals surface area contributed by atoms with E-state index in [0.717, 1.165) is 18.3 Å². The Morgan fingerprint density at radius 1 is 1.27 bits per heavy atom. The van der Waals surface area contributed by atoms with Gasteiger partial charge in [-0.15, -0.1) is 0 Å². The second-order valence-electron chi connectivity index (χ2n) is 3.73. The number of carbonyl (C=O) groups excluding carboxylic acids is 1. The van der Waals surface area contributed by atoms with Crippen LogP contribution in [0.1, 0.15) is 39.0 Å². The van der Waals surface area contributed by atoms with E-state index in [1.165, 1.54) is 25.7 Å². The van der Waals surface area contributed by atoms with Crippen LogP contribution in [0.5, 0.6) is 0 Å². The maximum atomic E-state index is 11.4. The summed E-state index contributed by atoms with van der Waals surface area (Å²) in [5.41, 5.74) is 0. The number of hydrogen-bond acceptors (Lipinski definition) is 1. The fraction of sp³-hybridized carbons (Fsp3) is 0.750. The van der Waals surface area contributed by atoms with Crippen LogP contribution in [0.2, 0.25) is 0 Å². The van der Waals surface area contributed by atoms with Gasteiger partial charge < -0.3 is 4.90 Å². The molecule has 0 spiro atoms. The van der Waals surface area contributed by atoms with E-state index in [-0.39, 0.29) is 5.91 Å². The van der Waals surface area contributed by atoms with Crippen molar-refractivity contribution in [3.63, 3.8) is 0 Å². The van der Waals surface area contributed by atoms with Gasteiger partial charge in [0.25, 0.3) is 0 Å². The van der Waals surface area contributed by atoms with Gasteiger partial charge in [-0.25, -0.2) is 0 Å². The molecule has 3 heteroatoms. The van der Waals surface area contributed by atoms with Crippen LogP contribution in [0.4, 0.5) is 0 Å². The van der Waals surface area contributed by atoms with Crippen molar-refractivity contribution in [1.82, 2.24) is 4.90 Å². The van der Waals surface area contributed by atoms with Gasteiger partial charge in [0.1, 0.15) is 0 Å². The van der Waals surface area contributed by atoms with Gasteiger partial charge in [-0.05, 0) is 12.5 Å². The molecule has 0 aromatic heterocycles. The molecule has 0 fully saturated rings. The van der Waals surface area contributed by atoms with Crippen molar-refractivity contribution in [2.75, 3.05) is 18.9 Å². The van der Waals surface area contributed by atoms with Crippen molar-refractivity contribution in [2.45, 2.75) is 39.0 Å². The summed E-state index contributed by atoms with van der Waals surface area (Å²) < 4.78 is 0.